The number of methoxy groups -OCH3 is 3. The van der Waals surface area contributed by atoms with Crippen LogP contribution in [0.1, 0.15) is 49.9 Å². The Morgan fingerprint density at radius 3 is 1.49 bits per heavy atom. The quantitative estimate of drug-likeness (QED) is 0.0248. The molecule has 0 bridgehead atoms. The zero-order valence-corrected chi connectivity index (χ0v) is 49.9. The lowest BCUT2D eigenvalue weighted by atomic mass is 10.1. The number of thioether (sulfide) groups is 1. The van der Waals surface area contributed by atoms with Crippen molar-refractivity contribution in [1.29, 1.82) is 10.5 Å². The molecule has 0 aliphatic rings. The van der Waals surface area contributed by atoms with Crippen molar-refractivity contribution in [2.24, 2.45) is 20.5 Å². The van der Waals surface area contributed by atoms with E-state index in [1.165, 1.54) is 64.3 Å². The fraction of sp³-hybridized carbons (Fsp3) is 0.241. The lowest BCUT2D eigenvalue weighted by molar-refractivity contribution is 0.397. The van der Waals surface area contributed by atoms with Gasteiger partial charge in [-0.15, -0.1) is 20.5 Å². The minimum absolute atomic E-state index is 0.0114. The molecule has 8 rings (SSSR count). The summed E-state index contributed by atoms with van der Waals surface area (Å²) in [6, 6.07) is 29.3. The average Bonchev–Trinajstić information content (AvgIpc) is 4.33. The molecule has 428 valence electrons. The normalized spacial score (nSPS) is 11.6. The van der Waals surface area contributed by atoms with Crippen molar-refractivity contribution >= 4 is 111 Å². The van der Waals surface area contributed by atoms with Gasteiger partial charge < -0.3 is 34.6 Å². The molecule has 8 aromatic rings. The van der Waals surface area contributed by atoms with Crippen molar-refractivity contribution in [1.82, 2.24) is 23.7 Å². The molecule has 83 heavy (non-hydrogen) atoms. The minimum atomic E-state index is -4.72. The Morgan fingerprint density at radius 2 is 1.06 bits per heavy atom. The van der Waals surface area contributed by atoms with Crippen molar-refractivity contribution in [2.75, 3.05) is 67.9 Å². The maximum atomic E-state index is 12.3. The fourth-order valence-corrected chi connectivity index (χ4v) is 12.1. The number of nitrogens with zero attached hydrogens (tertiary/aromatic N) is 13. The molecule has 0 atom stereocenters. The van der Waals surface area contributed by atoms with Gasteiger partial charge in [0.05, 0.1) is 49.0 Å². The molecule has 0 aliphatic carbocycles. The van der Waals surface area contributed by atoms with E-state index in [2.05, 4.69) is 61.8 Å². The van der Waals surface area contributed by atoms with Gasteiger partial charge in [0.15, 0.2) is 15.2 Å². The zero-order chi connectivity index (χ0) is 59.6. The van der Waals surface area contributed by atoms with Gasteiger partial charge in [0.25, 0.3) is 20.2 Å². The van der Waals surface area contributed by atoms with Crippen molar-refractivity contribution in [3.8, 4) is 51.9 Å². The van der Waals surface area contributed by atoms with E-state index in [1.54, 1.807) is 18.2 Å². The van der Waals surface area contributed by atoms with Crippen molar-refractivity contribution in [3.63, 3.8) is 0 Å². The van der Waals surface area contributed by atoms with E-state index < -0.39 is 25.1 Å². The zero-order valence-electron chi connectivity index (χ0n) is 45.8. The first-order valence-corrected chi connectivity index (χ1v) is 30.6. The highest BCUT2D eigenvalue weighted by Crippen LogP contribution is 2.45. The number of rotatable bonds is 24. The number of nitriles is 2. The van der Waals surface area contributed by atoms with Crippen LogP contribution in [0, 0.1) is 29.6 Å². The Balaban J connectivity index is 1.24. The van der Waals surface area contributed by atoms with Gasteiger partial charge in [-0.05, 0) is 105 Å². The number of azo groups is 2. The molecular weight excluding hydrogens is 1160 g/mol. The van der Waals surface area contributed by atoms with Crippen LogP contribution in [0.2, 0.25) is 0 Å². The minimum Gasteiger partial charge on any atom is -0.495 e. The fourth-order valence-electron chi connectivity index (χ4n) is 8.47. The average molecular weight is 1220 g/mol. The molecule has 0 unspecified atom stereocenters. The Morgan fingerprint density at radius 1 is 0.602 bits per heavy atom. The largest absolute Gasteiger partial charge is 0.495 e. The predicted molar refractivity (Wildman–Crippen MR) is 319 cm³/mol. The predicted octanol–water partition coefficient (Wildman–Crippen LogP) is 13.0. The summed E-state index contributed by atoms with van der Waals surface area (Å²) in [6.07, 6.45) is 0. The number of benzene rings is 5. The van der Waals surface area contributed by atoms with E-state index in [0.717, 1.165) is 34.7 Å². The summed E-state index contributed by atoms with van der Waals surface area (Å²) >= 11 is 3.07. The molecule has 29 heteroatoms. The van der Waals surface area contributed by atoms with E-state index in [1.807, 2.05) is 70.2 Å². The molecule has 0 radical (unpaired) electrons. The summed E-state index contributed by atoms with van der Waals surface area (Å²) in [6.45, 7) is 12.0. The van der Waals surface area contributed by atoms with Gasteiger partial charge in [0, 0.05) is 55.2 Å². The van der Waals surface area contributed by atoms with E-state index >= 15 is 0 Å². The van der Waals surface area contributed by atoms with Crippen LogP contribution in [0.4, 0.5) is 56.0 Å². The molecule has 4 N–H and O–H groups in total. The molecular formula is C54H53N15O9S5. The third kappa shape index (κ3) is 13.8. The first-order chi connectivity index (χ1) is 39.9. The highest BCUT2D eigenvalue weighted by atomic mass is 32.2. The third-order valence-corrected chi connectivity index (χ3v) is 16.9. The summed E-state index contributed by atoms with van der Waals surface area (Å²) in [5, 5.41) is 46.3. The monoisotopic (exact) mass is 1220 g/mol. The van der Waals surface area contributed by atoms with Crippen LogP contribution in [0.15, 0.2) is 126 Å². The lowest BCUT2D eigenvalue weighted by Crippen LogP contribution is -2.22. The first kappa shape index (κ1) is 60.4. The molecule has 0 aliphatic heterocycles. The second-order valence-corrected chi connectivity index (χ2v) is 22.8. The van der Waals surface area contributed by atoms with E-state index in [-0.39, 0.29) is 77.6 Å². The highest BCUT2D eigenvalue weighted by molar-refractivity contribution is 7.98. The van der Waals surface area contributed by atoms with Crippen LogP contribution in [0.5, 0.6) is 17.2 Å². The number of anilines is 6. The highest BCUT2D eigenvalue weighted by Gasteiger charge is 2.25. The van der Waals surface area contributed by atoms with Crippen LogP contribution in [-0.4, -0.2) is 97.1 Å². The number of aromatic nitrogens is 5. The van der Waals surface area contributed by atoms with Crippen LogP contribution < -0.4 is 34.6 Å². The SMILES string of the molecule is CCN(CC)c1cc(Nc2nc(Nc3cc(N(CC)CC)c(OC)cc3/N=N/c3snc(-c4ccc(OC)c(S(=O)(=O)O)c4)c3C#N)nc(SCc3ccccc3)n2)c(/N=N/c2snc(-c3ccc(C)c(S(=O)(=O)O)c3)c2C#N)cc1OC. The lowest BCUT2D eigenvalue weighted by Gasteiger charge is -2.25. The van der Waals surface area contributed by atoms with Crippen molar-refractivity contribution < 1.29 is 40.2 Å². The molecule has 0 saturated carbocycles. The smallest absolute Gasteiger partial charge is 0.298 e. The molecule has 5 aromatic carbocycles. The van der Waals surface area contributed by atoms with Crippen LogP contribution in [-0.2, 0) is 26.0 Å². The van der Waals surface area contributed by atoms with Crippen LogP contribution in [0.3, 0.4) is 0 Å². The summed E-state index contributed by atoms with van der Waals surface area (Å²) < 4.78 is 94.6. The van der Waals surface area contributed by atoms with Gasteiger partial charge in [-0.25, -0.2) is 0 Å². The number of nitrogens with one attached hydrogen (secondary N) is 2. The second kappa shape index (κ2) is 26.5. The van der Waals surface area contributed by atoms with Gasteiger partial charge in [-0.1, -0.05) is 54.2 Å². The number of hydrogen-bond donors (Lipinski definition) is 4. The Kier molecular flexibility index (Phi) is 19.3. The second-order valence-electron chi connectivity index (χ2n) is 17.6. The number of hydrogen-bond acceptors (Lipinski definition) is 25. The number of aryl methyl sites for hydroxylation is 1. The topological polar surface area (TPSA) is 328 Å². The maximum Gasteiger partial charge on any atom is 0.298 e. The summed E-state index contributed by atoms with van der Waals surface area (Å²) in [5.74, 6) is 1.44. The van der Waals surface area contributed by atoms with Gasteiger partial charge in [0.2, 0.25) is 11.9 Å². The first-order valence-electron chi connectivity index (χ1n) is 25.2. The van der Waals surface area contributed by atoms with E-state index in [0.29, 0.717) is 76.9 Å². The Bertz CT molecular complexity index is 4080. The molecule has 0 amide bonds. The van der Waals surface area contributed by atoms with Crippen molar-refractivity contribution in [3.05, 3.63) is 113 Å². The van der Waals surface area contributed by atoms with Gasteiger partial charge >= 0.3 is 0 Å². The van der Waals surface area contributed by atoms with Crippen molar-refractivity contribution in [2.45, 2.75) is 55.3 Å². The Hall–Kier alpha value is -8.68. The van der Waals surface area contributed by atoms with Crippen LogP contribution in [0.25, 0.3) is 22.5 Å². The standard InChI is InChI=1S/C54H53N15O9S5/c1-9-68(10-2)41-24-37(39(26-44(41)77-7)62-64-50-35(28-55)48(66-80-50)33-19-18-31(5)46(22-33)82(70,71)72)57-52-59-53(61-54(60-52)79-30-32-16-14-13-15-17-32)58-38-25-42(69(11-3)12-4)45(78-8)27-40(38)63-65-51-36(29-56)49(67-81-51)34-20-21-43(76-6)47(23-34)83(73,74)75/h13-27H,9-12,30H2,1-8H3,(H,70,71,72)(H,73,74,75)(H2,57,58,59,60,61)/b64-62+,65-63+. The summed E-state index contributed by atoms with van der Waals surface area (Å²) in [4.78, 5) is 17.9. The maximum absolute atomic E-state index is 12.3. The summed E-state index contributed by atoms with van der Waals surface area (Å²) in [5.41, 5.74) is 4.65. The molecule has 0 fully saturated rings. The molecule has 3 heterocycles. The number of ether oxygens (including phenoxy) is 3. The third-order valence-electron chi connectivity index (χ3n) is 12.6. The van der Waals surface area contributed by atoms with Crippen LogP contribution >= 0.6 is 34.8 Å². The van der Waals surface area contributed by atoms with Gasteiger partial charge in [0.1, 0.15) is 68.2 Å². The van der Waals surface area contributed by atoms with Gasteiger partial charge in [-0.3, -0.25) is 9.11 Å². The molecule has 0 saturated heterocycles. The summed E-state index contributed by atoms with van der Waals surface area (Å²) in [7, 11) is -4.99. The van der Waals surface area contributed by atoms with Gasteiger partial charge in [-0.2, -0.15) is 51.1 Å². The molecule has 0 spiro atoms. The van der Waals surface area contributed by atoms with E-state index in [4.69, 9.17) is 29.2 Å². The Labute approximate surface area is 491 Å². The molecule has 24 nitrogen and oxygen atoms in total. The molecule has 3 aromatic heterocycles. The van der Waals surface area contributed by atoms with E-state index in [9.17, 15) is 36.5 Å².